The number of ether oxygens (including phenoxy) is 5. The number of methoxy groups -OCH3 is 3. The fourth-order valence-electron chi connectivity index (χ4n) is 12.1. The number of benzene rings is 1. The van der Waals surface area contributed by atoms with E-state index in [-0.39, 0.29) is 54.6 Å². The van der Waals surface area contributed by atoms with Gasteiger partial charge in [0.2, 0.25) is 5.79 Å². The molecule has 0 spiro atoms. The van der Waals surface area contributed by atoms with Crippen LogP contribution in [0.15, 0.2) is 53.8 Å². The highest BCUT2D eigenvalue weighted by molar-refractivity contribution is 6.39. The lowest BCUT2D eigenvalue weighted by atomic mass is 9.80. The molecule has 1 aromatic carbocycles. The lowest BCUT2D eigenvalue weighted by Gasteiger charge is -2.47. The van der Waals surface area contributed by atoms with Crippen LogP contribution in [0.1, 0.15) is 137 Å². The molecule has 68 heavy (non-hydrogen) atoms. The van der Waals surface area contributed by atoms with Crippen LogP contribution in [-0.4, -0.2) is 121 Å². The second-order valence-corrected chi connectivity index (χ2v) is 21.3. The molecule has 1 N–H and O–H groups in total. The minimum absolute atomic E-state index is 0.0400. The zero-order chi connectivity index (χ0) is 49.0. The fraction of sp³-hybridized carbons (Fsp3) is 0.709. The molecule has 2 aliphatic carbocycles. The second-order valence-electron chi connectivity index (χ2n) is 21.3. The van der Waals surface area contributed by atoms with Gasteiger partial charge in [-0.1, -0.05) is 45.4 Å². The third-order valence-electron chi connectivity index (χ3n) is 16.3. The maximum Gasteiger partial charge on any atom is 0.329 e. The minimum atomic E-state index is -2.47. The Balaban J connectivity index is 1.15. The van der Waals surface area contributed by atoms with Gasteiger partial charge in [-0.15, -0.1) is 0 Å². The molecule has 13 heteroatoms. The summed E-state index contributed by atoms with van der Waals surface area (Å²) >= 11 is 0. The van der Waals surface area contributed by atoms with E-state index < -0.39 is 59.8 Å². The second kappa shape index (κ2) is 22.5. The van der Waals surface area contributed by atoms with Gasteiger partial charge in [-0.3, -0.25) is 14.4 Å². The quantitative estimate of drug-likeness (QED) is 0.146. The van der Waals surface area contributed by atoms with E-state index in [0.717, 1.165) is 30.4 Å². The molecule has 13 nitrogen and oxygen atoms in total. The van der Waals surface area contributed by atoms with Gasteiger partial charge in [0.05, 0.1) is 24.4 Å². The van der Waals surface area contributed by atoms with Gasteiger partial charge in [-0.05, 0) is 145 Å². The Bertz CT molecular complexity index is 2160. The first-order chi connectivity index (χ1) is 32.5. The number of aromatic nitrogens is 1. The smallest absolute Gasteiger partial charge is 0.329 e. The standard InChI is InChI=1S/C55H81N3O10/c1-11-39-27-33(2)26-34(3)28-48(65-9)51-49(66-10)30-37(6)55(63,68-51)52(60)53(61)58-24-13-12-14-45(58)54(62)67-50(35(4)15-22-46(39)59)36(5)29-38-16-20-44(47(31-38)64-8)56(7)42-19-21-43-40(32-42)23-25-57(43)41-17-18-41/h19,21,23,25,27,29,32,34-35,37-39,41,44-45,47-51,63H,11-18,20,22,24,26,28,30-31H2,1-10H3. The number of esters is 1. The summed E-state index contributed by atoms with van der Waals surface area (Å²) in [6.45, 7) is 12.1. The van der Waals surface area contributed by atoms with Crippen LogP contribution in [0.25, 0.3) is 10.9 Å². The highest BCUT2D eigenvalue weighted by atomic mass is 16.7. The predicted octanol–water partition coefficient (Wildman–Crippen LogP) is 8.94. The lowest BCUT2D eigenvalue weighted by Crippen LogP contribution is -2.64. The predicted molar refractivity (Wildman–Crippen MR) is 263 cm³/mol. The van der Waals surface area contributed by atoms with Gasteiger partial charge < -0.3 is 43.2 Å². The number of likely N-dealkylation sites (N-methyl/N-ethyl adjacent to an activating group) is 1. The van der Waals surface area contributed by atoms with Crippen LogP contribution < -0.4 is 4.90 Å². The number of carbonyl (C=O) groups is 4. The van der Waals surface area contributed by atoms with Crippen LogP contribution in [0.2, 0.25) is 0 Å². The molecule has 7 rings (SSSR count). The Kier molecular flexibility index (Phi) is 17.2. The number of aliphatic hydroxyl groups is 1. The van der Waals surface area contributed by atoms with Crippen molar-refractivity contribution in [2.24, 2.45) is 29.6 Å². The normalized spacial score (nSPS) is 35.6. The number of nitrogens with zero attached hydrogens (tertiary/aromatic N) is 3. The SMILES string of the molecule is CCC1C=C(C)CC(C)CC(OC)C2OC(O)(C(=O)C(=O)N3CCCCC3C(=O)OC(C(C)=CC3CCC(N(C)c4ccc5c(ccn5C5CC5)c4)C(OC)C3)C(C)CCC1=O)C(C)CC2OC. The van der Waals surface area contributed by atoms with Crippen LogP contribution in [0.4, 0.5) is 5.69 Å². The van der Waals surface area contributed by atoms with E-state index in [1.807, 2.05) is 20.8 Å². The highest BCUT2D eigenvalue weighted by Crippen LogP contribution is 2.41. The molecular weight excluding hydrogens is 863 g/mol. The number of cyclic esters (lactones) is 1. The Morgan fingerprint density at radius 2 is 1.63 bits per heavy atom. The third kappa shape index (κ3) is 11.3. The van der Waals surface area contributed by atoms with E-state index in [4.69, 9.17) is 23.7 Å². The van der Waals surface area contributed by atoms with Gasteiger partial charge in [-0.2, -0.15) is 0 Å². The van der Waals surface area contributed by atoms with Crippen molar-refractivity contribution in [2.75, 3.05) is 39.8 Å². The summed E-state index contributed by atoms with van der Waals surface area (Å²) in [6, 6.07) is 8.73. The molecule has 13 atom stereocenters. The number of amides is 1. The van der Waals surface area contributed by atoms with E-state index in [1.54, 1.807) is 28.3 Å². The van der Waals surface area contributed by atoms with Gasteiger partial charge in [0.1, 0.15) is 24.0 Å². The minimum Gasteiger partial charge on any atom is -0.456 e. The monoisotopic (exact) mass is 944 g/mol. The zero-order valence-electron chi connectivity index (χ0n) is 42.6. The molecule has 2 saturated heterocycles. The molecule has 1 aromatic heterocycles. The molecule has 2 saturated carbocycles. The van der Waals surface area contributed by atoms with Crippen LogP contribution >= 0.6 is 0 Å². The maximum absolute atomic E-state index is 14.6. The van der Waals surface area contributed by atoms with Gasteiger partial charge in [-0.25, -0.2) is 4.79 Å². The van der Waals surface area contributed by atoms with Gasteiger partial charge in [0.15, 0.2) is 0 Å². The number of rotatable bonds is 9. The number of piperidine rings is 1. The van der Waals surface area contributed by atoms with Gasteiger partial charge in [0.25, 0.3) is 11.7 Å². The molecule has 3 aliphatic heterocycles. The van der Waals surface area contributed by atoms with Crippen LogP contribution in [-0.2, 0) is 42.9 Å². The van der Waals surface area contributed by atoms with Crippen molar-refractivity contribution in [2.45, 2.75) is 186 Å². The summed E-state index contributed by atoms with van der Waals surface area (Å²) in [7, 11) is 7.08. The van der Waals surface area contributed by atoms with E-state index >= 15 is 0 Å². The Hall–Kier alpha value is -3.88. The molecule has 376 valence electrons. The van der Waals surface area contributed by atoms with E-state index in [1.165, 1.54) is 34.3 Å². The number of fused-ring (bicyclic) bond motifs is 4. The third-order valence-corrected chi connectivity index (χ3v) is 16.3. The Morgan fingerprint density at radius 1 is 0.912 bits per heavy atom. The molecule has 4 heterocycles. The van der Waals surface area contributed by atoms with E-state index in [2.05, 4.69) is 73.0 Å². The van der Waals surface area contributed by atoms with Crippen molar-refractivity contribution >= 4 is 40.0 Å². The summed E-state index contributed by atoms with van der Waals surface area (Å²) in [5.41, 5.74) is 4.42. The largest absolute Gasteiger partial charge is 0.456 e. The van der Waals surface area contributed by atoms with Crippen molar-refractivity contribution in [1.29, 1.82) is 0 Å². The molecular formula is C55H81N3O10. The fourth-order valence-corrected chi connectivity index (χ4v) is 12.1. The number of allylic oxidation sites excluding steroid dienone is 3. The summed E-state index contributed by atoms with van der Waals surface area (Å²) in [4.78, 5) is 61.1. The van der Waals surface area contributed by atoms with Crippen LogP contribution in [0.5, 0.6) is 0 Å². The van der Waals surface area contributed by atoms with Crippen molar-refractivity contribution < 1.29 is 48.0 Å². The number of ketones is 2. The number of carbonyl (C=O) groups excluding carboxylic acids is 4. The molecule has 2 bridgehead atoms. The van der Waals surface area contributed by atoms with Crippen LogP contribution in [0, 0.1) is 29.6 Å². The number of anilines is 1. The van der Waals surface area contributed by atoms with E-state index in [9.17, 15) is 24.3 Å². The Labute approximate surface area is 405 Å². The van der Waals surface area contributed by atoms with Gasteiger partial charge >= 0.3 is 5.97 Å². The summed E-state index contributed by atoms with van der Waals surface area (Å²) < 4.78 is 33.3. The molecule has 5 aliphatic rings. The van der Waals surface area contributed by atoms with Gasteiger partial charge in [0, 0.05) is 82.0 Å². The lowest BCUT2D eigenvalue weighted by molar-refractivity contribution is -0.302. The first kappa shape index (κ1) is 52.0. The number of hydrogen-bond donors (Lipinski definition) is 1. The van der Waals surface area contributed by atoms with E-state index in [0.29, 0.717) is 57.4 Å². The zero-order valence-corrected chi connectivity index (χ0v) is 42.6. The van der Waals surface area contributed by atoms with Crippen molar-refractivity contribution in [1.82, 2.24) is 9.47 Å². The first-order valence-electron chi connectivity index (χ1n) is 25.8. The molecule has 2 aromatic rings. The summed E-state index contributed by atoms with van der Waals surface area (Å²) in [5, 5.41) is 13.4. The van der Waals surface area contributed by atoms with Crippen LogP contribution in [0.3, 0.4) is 0 Å². The molecule has 13 unspecified atom stereocenters. The average molecular weight is 944 g/mol. The summed E-state index contributed by atoms with van der Waals surface area (Å²) in [5.74, 6) is -6.03. The first-order valence-corrected chi connectivity index (χ1v) is 25.8. The van der Waals surface area contributed by atoms with Crippen molar-refractivity contribution in [3.63, 3.8) is 0 Å². The average Bonchev–Trinajstić information content (AvgIpc) is 4.10. The molecule has 1 amide bonds. The summed E-state index contributed by atoms with van der Waals surface area (Å²) in [6.07, 6.45) is 13.5. The van der Waals surface area contributed by atoms with Crippen molar-refractivity contribution in [3.05, 3.63) is 53.8 Å². The Morgan fingerprint density at radius 3 is 2.32 bits per heavy atom. The number of Topliss-reactive ketones (excluding diaryl/α,β-unsaturated/α-hetero) is 2. The number of hydrogen-bond acceptors (Lipinski definition) is 11. The molecule has 4 fully saturated rings. The molecule has 0 radical (unpaired) electrons. The topological polar surface area (TPSA) is 146 Å². The highest BCUT2D eigenvalue weighted by Gasteiger charge is 2.56. The maximum atomic E-state index is 14.6. The van der Waals surface area contributed by atoms with Crippen molar-refractivity contribution in [3.8, 4) is 0 Å².